The minimum absolute atomic E-state index is 0.0626. The van der Waals surface area contributed by atoms with Crippen LogP contribution in [-0.4, -0.2) is 22.0 Å². The van der Waals surface area contributed by atoms with Crippen LogP contribution in [-0.2, 0) is 0 Å². The van der Waals surface area contributed by atoms with Crippen LogP contribution >= 0.6 is 11.6 Å². The predicted molar refractivity (Wildman–Crippen MR) is 75.3 cm³/mol. The summed E-state index contributed by atoms with van der Waals surface area (Å²) >= 11 is 5.77. The standard InChI is InChI=1S/C14H11ClN2O3/c1-8-10(3-2-6-16-8)13(18)17-9-4-5-12(15)11(7-9)14(19)20/h2-7H,1H3,(H,17,18)(H,19,20). The fourth-order valence-electron chi connectivity index (χ4n) is 1.69. The molecule has 0 unspecified atom stereocenters. The molecule has 0 saturated carbocycles. The maximum absolute atomic E-state index is 12.1. The lowest BCUT2D eigenvalue weighted by Gasteiger charge is -2.08. The number of carbonyl (C=O) groups excluding carboxylic acids is 1. The molecule has 20 heavy (non-hydrogen) atoms. The number of carboxylic acid groups (broad SMARTS) is 1. The van der Waals surface area contributed by atoms with Crippen LogP contribution in [0.3, 0.4) is 0 Å². The molecule has 0 aliphatic rings. The van der Waals surface area contributed by atoms with E-state index in [1.54, 1.807) is 31.3 Å². The maximum atomic E-state index is 12.1. The van der Waals surface area contributed by atoms with Gasteiger partial charge < -0.3 is 10.4 Å². The molecule has 1 aromatic heterocycles. The number of rotatable bonds is 3. The summed E-state index contributed by atoms with van der Waals surface area (Å²) in [5, 5.41) is 11.7. The highest BCUT2D eigenvalue weighted by atomic mass is 35.5. The van der Waals surface area contributed by atoms with Gasteiger partial charge in [0.15, 0.2) is 0 Å². The Morgan fingerprint density at radius 2 is 2.00 bits per heavy atom. The minimum atomic E-state index is -1.15. The largest absolute Gasteiger partial charge is 0.478 e. The number of aromatic nitrogens is 1. The number of benzene rings is 1. The van der Waals surface area contributed by atoms with Gasteiger partial charge in [0.1, 0.15) is 0 Å². The molecular weight excluding hydrogens is 280 g/mol. The zero-order chi connectivity index (χ0) is 14.7. The molecular formula is C14H11ClN2O3. The Hall–Kier alpha value is -2.40. The summed E-state index contributed by atoms with van der Waals surface area (Å²) in [5.74, 6) is -1.50. The van der Waals surface area contributed by atoms with Gasteiger partial charge in [0.2, 0.25) is 0 Å². The molecule has 0 radical (unpaired) electrons. The summed E-state index contributed by atoms with van der Waals surface area (Å²) in [6.07, 6.45) is 1.59. The van der Waals surface area contributed by atoms with Gasteiger partial charge in [-0.2, -0.15) is 0 Å². The topological polar surface area (TPSA) is 79.3 Å². The van der Waals surface area contributed by atoms with Crippen LogP contribution < -0.4 is 5.32 Å². The number of pyridine rings is 1. The highest BCUT2D eigenvalue weighted by Gasteiger charge is 2.13. The summed E-state index contributed by atoms with van der Waals surface area (Å²) < 4.78 is 0. The van der Waals surface area contributed by atoms with Crippen molar-refractivity contribution in [2.24, 2.45) is 0 Å². The molecule has 1 amide bonds. The van der Waals surface area contributed by atoms with Crippen molar-refractivity contribution in [3.05, 3.63) is 58.4 Å². The van der Waals surface area contributed by atoms with Crippen molar-refractivity contribution in [1.29, 1.82) is 0 Å². The third-order valence-electron chi connectivity index (χ3n) is 2.71. The molecule has 0 aliphatic carbocycles. The zero-order valence-corrected chi connectivity index (χ0v) is 11.3. The van der Waals surface area contributed by atoms with Crippen LogP contribution in [0.5, 0.6) is 0 Å². The normalized spacial score (nSPS) is 10.1. The minimum Gasteiger partial charge on any atom is -0.478 e. The lowest BCUT2D eigenvalue weighted by Crippen LogP contribution is -2.14. The summed E-state index contributed by atoms with van der Waals surface area (Å²) in [6.45, 7) is 1.72. The SMILES string of the molecule is Cc1ncccc1C(=O)Nc1ccc(Cl)c(C(=O)O)c1. The van der Waals surface area contributed by atoms with Crippen molar-refractivity contribution >= 4 is 29.2 Å². The van der Waals surface area contributed by atoms with Gasteiger partial charge in [0.05, 0.1) is 16.1 Å². The van der Waals surface area contributed by atoms with Crippen molar-refractivity contribution < 1.29 is 14.7 Å². The lowest BCUT2D eigenvalue weighted by atomic mass is 10.1. The van der Waals surface area contributed by atoms with Crippen molar-refractivity contribution in [2.75, 3.05) is 5.32 Å². The van der Waals surface area contributed by atoms with E-state index in [0.717, 1.165) is 0 Å². The summed E-state index contributed by atoms with van der Waals surface area (Å²) in [5.41, 5.74) is 1.32. The monoisotopic (exact) mass is 290 g/mol. The number of nitrogens with zero attached hydrogens (tertiary/aromatic N) is 1. The Morgan fingerprint density at radius 3 is 2.65 bits per heavy atom. The Labute approximate surface area is 120 Å². The second-order valence-electron chi connectivity index (χ2n) is 4.09. The smallest absolute Gasteiger partial charge is 0.337 e. The van der Waals surface area contributed by atoms with Crippen LogP contribution in [0.15, 0.2) is 36.5 Å². The number of hydrogen-bond donors (Lipinski definition) is 2. The first kappa shape index (κ1) is 14.0. The van der Waals surface area contributed by atoms with E-state index < -0.39 is 5.97 Å². The molecule has 1 heterocycles. The molecule has 2 aromatic rings. The van der Waals surface area contributed by atoms with E-state index in [-0.39, 0.29) is 16.5 Å². The van der Waals surface area contributed by atoms with Gasteiger partial charge >= 0.3 is 5.97 Å². The quantitative estimate of drug-likeness (QED) is 0.911. The summed E-state index contributed by atoms with van der Waals surface area (Å²) in [4.78, 5) is 27.1. The fourth-order valence-corrected chi connectivity index (χ4v) is 1.89. The average Bonchev–Trinajstić information content (AvgIpc) is 2.41. The summed E-state index contributed by atoms with van der Waals surface area (Å²) in [6, 6.07) is 7.58. The zero-order valence-electron chi connectivity index (χ0n) is 10.6. The van der Waals surface area contributed by atoms with E-state index in [0.29, 0.717) is 16.9 Å². The van der Waals surface area contributed by atoms with E-state index in [1.807, 2.05) is 0 Å². The molecule has 102 valence electrons. The van der Waals surface area contributed by atoms with E-state index >= 15 is 0 Å². The number of carboxylic acids is 1. The number of amides is 1. The molecule has 0 aliphatic heterocycles. The van der Waals surface area contributed by atoms with Crippen LogP contribution in [0.25, 0.3) is 0 Å². The van der Waals surface area contributed by atoms with Crippen molar-refractivity contribution in [3.8, 4) is 0 Å². The predicted octanol–water partition coefficient (Wildman–Crippen LogP) is 2.99. The van der Waals surface area contributed by atoms with Crippen molar-refractivity contribution in [2.45, 2.75) is 6.92 Å². The molecule has 1 aromatic carbocycles. The Balaban J connectivity index is 2.27. The first-order valence-corrected chi connectivity index (χ1v) is 6.12. The van der Waals surface area contributed by atoms with Crippen molar-refractivity contribution in [3.63, 3.8) is 0 Å². The number of nitrogens with one attached hydrogen (secondary N) is 1. The van der Waals surface area contributed by atoms with Crippen LogP contribution in [0.4, 0.5) is 5.69 Å². The third kappa shape index (κ3) is 2.95. The number of aromatic carboxylic acids is 1. The number of hydrogen-bond acceptors (Lipinski definition) is 3. The maximum Gasteiger partial charge on any atom is 0.337 e. The highest BCUT2D eigenvalue weighted by Crippen LogP contribution is 2.21. The average molecular weight is 291 g/mol. The molecule has 2 rings (SSSR count). The second-order valence-corrected chi connectivity index (χ2v) is 4.50. The van der Waals surface area contributed by atoms with E-state index in [1.165, 1.54) is 12.1 Å². The van der Waals surface area contributed by atoms with Gasteiger partial charge in [0.25, 0.3) is 5.91 Å². The van der Waals surface area contributed by atoms with E-state index in [2.05, 4.69) is 10.3 Å². The first-order chi connectivity index (χ1) is 9.49. The lowest BCUT2D eigenvalue weighted by molar-refractivity contribution is 0.0696. The highest BCUT2D eigenvalue weighted by molar-refractivity contribution is 6.33. The Kier molecular flexibility index (Phi) is 4.00. The van der Waals surface area contributed by atoms with Crippen LogP contribution in [0.2, 0.25) is 5.02 Å². The molecule has 6 heteroatoms. The van der Waals surface area contributed by atoms with Crippen LogP contribution in [0.1, 0.15) is 26.4 Å². The number of anilines is 1. The van der Waals surface area contributed by atoms with Crippen LogP contribution in [0, 0.1) is 6.92 Å². The molecule has 0 fully saturated rings. The van der Waals surface area contributed by atoms with Crippen molar-refractivity contribution in [1.82, 2.24) is 4.98 Å². The fraction of sp³-hybridized carbons (Fsp3) is 0.0714. The van der Waals surface area contributed by atoms with Gasteiger partial charge in [-0.1, -0.05) is 11.6 Å². The number of halogens is 1. The molecule has 0 atom stereocenters. The van der Waals surface area contributed by atoms with Gasteiger partial charge in [-0.05, 0) is 37.3 Å². The Bertz CT molecular complexity index is 686. The molecule has 2 N–H and O–H groups in total. The Morgan fingerprint density at radius 1 is 1.25 bits per heavy atom. The van der Waals surface area contributed by atoms with Gasteiger partial charge in [0, 0.05) is 17.6 Å². The van der Waals surface area contributed by atoms with E-state index in [4.69, 9.17) is 16.7 Å². The molecule has 0 spiro atoms. The van der Waals surface area contributed by atoms with E-state index in [9.17, 15) is 9.59 Å². The van der Waals surface area contributed by atoms with Gasteiger partial charge in [-0.3, -0.25) is 9.78 Å². The van der Waals surface area contributed by atoms with Gasteiger partial charge in [-0.25, -0.2) is 4.79 Å². The molecule has 0 saturated heterocycles. The van der Waals surface area contributed by atoms with Gasteiger partial charge in [-0.15, -0.1) is 0 Å². The summed E-state index contributed by atoms with van der Waals surface area (Å²) in [7, 11) is 0. The first-order valence-electron chi connectivity index (χ1n) is 5.75. The number of carbonyl (C=O) groups is 2. The molecule has 5 nitrogen and oxygen atoms in total. The molecule has 0 bridgehead atoms. The number of aryl methyl sites for hydroxylation is 1. The third-order valence-corrected chi connectivity index (χ3v) is 3.04. The second kappa shape index (κ2) is 5.71.